The molecular formula is C18H18N2O3. The Balaban J connectivity index is 2.30. The number of benzene rings is 1. The number of hydrogen-bond acceptors (Lipinski definition) is 4. The van der Waals surface area contributed by atoms with Gasteiger partial charge in [-0.1, -0.05) is 44.2 Å². The van der Waals surface area contributed by atoms with Gasteiger partial charge in [0.05, 0.1) is 30.2 Å². The minimum Gasteiger partial charge on any atom is -0.452 e. The molecule has 1 aromatic carbocycles. The number of ether oxygens (including phenoxy) is 1. The fraction of sp³-hybridized carbons (Fsp3) is 0.389. The number of imide groups is 1. The van der Waals surface area contributed by atoms with Crippen molar-refractivity contribution in [3.05, 3.63) is 42.0 Å². The molecule has 1 aliphatic heterocycles. The van der Waals surface area contributed by atoms with Gasteiger partial charge >= 0.3 is 6.09 Å². The predicted molar refractivity (Wildman–Crippen MR) is 84.7 cm³/mol. The minimum absolute atomic E-state index is 0.338. The largest absolute Gasteiger partial charge is 0.452 e. The first-order valence-corrected chi connectivity index (χ1v) is 7.42. The molecule has 0 N–H and O–H groups in total. The van der Waals surface area contributed by atoms with Crippen LogP contribution in [0.4, 0.5) is 10.5 Å². The van der Waals surface area contributed by atoms with Crippen LogP contribution in [0.25, 0.3) is 0 Å². The molecule has 3 rings (SSSR count). The molecule has 2 aliphatic rings. The lowest BCUT2D eigenvalue weighted by atomic mass is 9.62. The monoisotopic (exact) mass is 310 g/mol. The summed E-state index contributed by atoms with van der Waals surface area (Å²) < 4.78 is 4.79. The first-order chi connectivity index (χ1) is 10.8. The van der Waals surface area contributed by atoms with Crippen molar-refractivity contribution < 1.29 is 14.3 Å². The van der Waals surface area contributed by atoms with Crippen LogP contribution in [0.1, 0.15) is 25.8 Å². The van der Waals surface area contributed by atoms with Gasteiger partial charge in [0, 0.05) is 5.41 Å². The lowest BCUT2D eigenvalue weighted by Crippen LogP contribution is -2.50. The highest BCUT2D eigenvalue weighted by atomic mass is 16.5. The summed E-state index contributed by atoms with van der Waals surface area (Å²) in [6.45, 7) is 7.80. The number of allylic oxidation sites excluding steroid dienone is 1. The number of para-hydroxylation sites is 1. The average molecular weight is 310 g/mol. The SMILES string of the molecule is C=C1C[C@@]2(C(=O)N(C(=O)OC)c3ccccc32)C(C)(C)[C@@H]1C#N. The molecule has 2 atom stereocenters. The highest BCUT2D eigenvalue weighted by molar-refractivity contribution is 6.21. The number of carbonyl (C=O) groups is 2. The molecule has 0 unspecified atom stereocenters. The molecule has 1 saturated carbocycles. The van der Waals surface area contributed by atoms with Crippen LogP contribution in [0, 0.1) is 22.7 Å². The smallest absolute Gasteiger partial charge is 0.420 e. The summed E-state index contributed by atoms with van der Waals surface area (Å²) in [7, 11) is 1.25. The van der Waals surface area contributed by atoms with Gasteiger partial charge in [0.1, 0.15) is 0 Å². The van der Waals surface area contributed by atoms with Gasteiger partial charge in [-0.05, 0) is 18.1 Å². The summed E-state index contributed by atoms with van der Waals surface area (Å²) in [6.07, 6.45) is -0.345. The van der Waals surface area contributed by atoms with Crippen molar-refractivity contribution >= 4 is 17.7 Å². The van der Waals surface area contributed by atoms with E-state index in [1.807, 2.05) is 26.0 Å². The highest BCUT2D eigenvalue weighted by Crippen LogP contribution is 2.63. The van der Waals surface area contributed by atoms with E-state index >= 15 is 0 Å². The number of amides is 2. The van der Waals surface area contributed by atoms with Crippen molar-refractivity contribution in [3.8, 4) is 6.07 Å². The molecule has 118 valence electrons. The van der Waals surface area contributed by atoms with E-state index in [9.17, 15) is 14.9 Å². The standard InChI is InChI=1S/C18H18N2O3/c1-11-9-18(17(2,3)13(11)10-19)12-7-5-6-8-14(12)20(15(18)21)16(22)23-4/h5-8,13H,1,9H2,2-4H3/t13-,18-/m1/s1. The predicted octanol–water partition coefficient (Wildman–Crippen LogP) is 3.16. The maximum absolute atomic E-state index is 13.3. The lowest BCUT2D eigenvalue weighted by Gasteiger charge is -2.38. The second-order valence-electron chi connectivity index (χ2n) is 6.65. The highest BCUT2D eigenvalue weighted by Gasteiger charge is 2.67. The number of nitriles is 1. The summed E-state index contributed by atoms with van der Waals surface area (Å²) >= 11 is 0. The molecule has 1 spiro atoms. The quantitative estimate of drug-likeness (QED) is 0.690. The molecule has 2 amide bonds. The van der Waals surface area contributed by atoms with Crippen molar-refractivity contribution in [1.29, 1.82) is 5.26 Å². The van der Waals surface area contributed by atoms with E-state index in [-0.39, 0.29) is 5.91 Å². The lowest BCUT2D eigenvalue weighted by molar-refractivity contribution is -0.126. The van der Waals surface area contributed by atoms with Gasteiger partial charge in [-0.25, -0.2) is 9.69 Å². The van der Waals surface area contributed by atoms with Gasteiger partial charge in [-0.15, -0.1) is 0 Å². The van der Waals surface area contributed by atoms with E-state index in [0.29, 0.717) is 12.1 Å². The minimum atomic E-state index is -0.963. The van der Waals surface area contributed by atoms with Gasteiger partial charge in [0.2, 0.25) is 5.91 Å². The number of hydrogen-bond donors (Lipinski definition) is 0. The normalized spacial score (nSPS) is 27.9. The molecule has 1 fully saturated rings. The topological polar surface area (TPSA) is 70.4 Å². The van der Waals surface area contributed by atoms with Crippen LogP contribution in [0.2, 0.25) is 0 Å². The fourth-order valence-corrected chi connectivity index (χ4v) is 4.19. The van der Waals surface area contributed by atoms with Crippen molar-refractivity contribution in [1.82, 2.24) is 0 Å². The van der Waals surface area contributed by atoms with Crippen molar-refractivity contribution in [3.63, 3.8) is 0 Å². The van der Waals surface area contributed by atoms with Crippen molar-refractivity contribution in [2.45, 2.75) is 25.7 Å². The molecule has 0 radical (unpaired) electrons. The molecule has 0 saturated heterocycles. The molecule has 1 heterocycles. The van der Waals surface area contributed by atoms with Crippen molar-refractivity contribution in [2.24, 2.45) is 11.3 Å². The molecule has 1 aromatic rings. The van der Waals surface area contributed by atoms with E-state index in [2.05, 4.69) is 12.6 Å². The Labute approximate surface area is 135 Å². The zero-order chi connectivity index (χ0) is 17.0. The van der Waals surface area contributed by atoms with Gasteiger partial charge < -0.3 is 4.74 Å². The van der Waals surface area contributed by atoms with Gasteiger partial charge in [0.25, 0.3) is 0 Å². The number of methoxy groups -OCH3 is 1. The molecular weight excluding hydrogens is 292 g/mol. The third-order valence-electron chi connectivity index (χ3n) is 5.38. The Morgan fingerprint density at radius 2 is 2.09 bits per heavy atom. The molecule has 5 heteroatoms. The Bertz CT molecular complexity index is 775. The van der Waals surface area contributed by atoms with Crippen molar-refractivity contribution in [2.75, 3.05) is 12.0 Å². The summed E-state index contributed by atoms with van der Waals surface area (Å²) in [4.78, 5) is 26.5. The van der Waals surface area contributed by atoms with E-state index in [1.165, 1.54) is 7.11 Å². The molecule has 0 aromatic heterocycles. The third kappa shape index (κ3) is 1.61. The Morgan fingerprint density at radius 1 is 1.43 bits per heavy atom. The van der Waals surface area contributed by atoms with Gasteiger partial charge in [-0.2, -0.15) is 5.26 Å². The average Bonchev–Trinajstić information content (AvgIpc) is 2.89. The van der Waals surface area contributed by atoms with Crippen LogP contribution in [0.3, 0.4) is 0 Å². The molecule has 0 bridgehead atoms. The Hall–Kier alpha value is -2.61. The Kier molecular flexibility index (Phi) is 3.12. The fourth-order valence-electron chi connectivity index (χ4n) is 4.19. The number of fused-ring (bicyclic) bond motifs is 2. The summed E-state index contributed by atoms with van der Waals surface area (Å²) in [5.41, 5.74) is 0.389. The zero-order valence-electron chi connectivity index (χ0n) is 13.4. The van der Waals surface area contributed by atoms with Crippen LogP contribution >= 0.6 is 0 Å². The van der Waals surface area contributed by atoms with Gasteiger partial charge in [0.15, 0.2) is 0 Å². The number of carbonyl (C=O) groups excluding carboxylic acids is 2. The first-order valence-electron chi connectivity index (χ1n) is 7.42. The summed E-state index contributed by atoms with van der Waals surface area (Å²) in [5, 5.41) is 9.54. The number of anilines is 1. The van der Waals surface area contributed by atoms with Crippen LogP contribution < -0.4 is 4.90 Å². The molecule has 23 heavy (non-hydrogen) atoms. The second kappa shape index (κ2) is 4.69. The van der Waals surface area contributed by atoms with Gasteiger partial charge in [-0.3, -0.25) is 4.79 Å². The van der Waals surface area contributed by atoms with E-state index in [1.54, 1.807) is 12.1 Å². The Morgan fingerprint density at radius 3 is 2.65 bits per heavy atom. The van der Waals surface area contributed by atoms with E-state index < -0.39 is 22.8 Å². The number of rotatable bonds is 0. The van der Waals surface area contributed by atoms with Crippen LogP contribution in [0.5, 0.6) is 0 Å². The zero-order valence-corrected chi connectivity index (χ0v) is 13.4. The second-order valence-corrected chi connectivity index (χ2v) is 6.65. The number of nitrogens with zero attached hydrogens (tertiary/aromatic N) is 2. The first kappa shape index (κ1) is 15.3. The maximum Gasteiger partial charge on any atom is 0.420 e. The third-order valence-corrected chi connectivity index (χ3v) is 5.38. The molecule has 5 nitrogen and oxygen atoms in total. The van der Waals surface area contributed by atoms with Crippen LogP contribution in [0.15, 0.2) is 36.4 Å². The van der Waals surface area contributed by atoms with Crippen LogP contribution in [-0.4, -0.2) is 19.1 Å². The maximum atomic E-state index is 13.3. The summed E-state index contributed by atoms with van der Waals surface area (Å²) in [5.74, 6) is -0.786. The van der Waals surface area contributed by atoms with E-state index in [4.69, 9.17) is 4.74 Å². The van der Waals surface area contributed by atoms with Crippen LogP contribution in [-0.2, 0) is 14.9 Å². The van der Waals surface area contributed by atoms with E-state index in [0.717, 1.165) is 16.0 Å². The molecule has 1 aliphatic carbocycles. The summed E-state index contributed by atoms with van der Waals surface area (Å²) in [6, 6.07) is 9.48.